The summed E-state index contributed by atoms with van der Waals surface area (Å²) >= 11 is 1.40. The normalized spacial score (nSPS) is 10.2. The lowest BCUT2D eigenvalue weighted by molar-refractivity contribution is 0.112. The topological polar surface area (TPSA) is 55.4 Å². The van der Waals surface area contributed by atoms with E-state index in [0.29, 0.717) is 17.2 Å². The predicted molar refractivity (Wildman–Crippen MR) is 75.3 cm³/mol. The molecule has 0 radical (unpaired) electrons. The molecule has 0 aliphatic rings. The fourth-order valence-corrected chi connectivity index (χ4v) is 1.31. The fraction of sp³-hybridized carbons (Fsp3) is 0.545. The molecular formula is C11H21NO3S2. The summed E-state index contributed by atoms with van der Waals surface area (Å²) in [4.78, 5) is 11.0. The second-order valence-corrected chi connectivity index (χ2v) is 4.62. The Bertz CT molecular complexity index is 313. The maximum Gasteiger partial charge on any atom is 0.163 e. The van der Waals surface area contributed by atoms with E-state index < -0.39 is 11.0 Å². The van der Waals surface area contributed by atoms with Gasteiger partial charge in [-0.2, -0.15) is 0 Å². The van der Waals surface area contributed by atoms with Gasteiger partial charge in [-0.15, -0.1) is 11.3 Å². The van der Waals surface area contributed by atoms with Crippen molar-refractivity contribution in [1.29, 1.82) is 0 Å². The van der Waals surface area contributed by atoms with E-state index in [4.69, 9.17) is 4.74 Å². The van der Waals surface area contributed by atoms with Crippen molar-refractivity contribution >= 4 is 28.6 Å². The SMILES string of the molecule is CC.CCOc1ccsc1C=O.CNS(C)=O. The zero-order valence-electron chi connectivity index (χ0n) is 11.0. The first-order valence-electron chi connectivity index (χ1n) is 5.32. The molecule has 4 nitrogen and oxygen atoms in total. The second-order valence-electron chi connectivity index (χ2n) is 2.36. The average molecular weight is 279 g/mol. The van der Waals surface area contributed by atoms with Gasteiger partial charge in [-0.3, -0.25) is 4.79 Å². The van der Waals surface area contributed by atoms with E-state index in [1.54, 1.807) is 19.4 Å². The molecule has 0 amide bonds. The van der Waals surface area contributed by atoms with E-state index in [-0.39, 0.29) is 0 Å². The maximum atomic E-state index is 10.3. The number of rotatable bonds is 4. The summed E-state index contributed by atoms with van der Waals surface area (Å²) < 4.78 is 17.5. The standard InChI is InChI=1S/C7H8O2S.C2H7NOS.C2H6/c1-2-9-6-3-4-10-7(6)5-8;1-3-5(2)4;1-2/h3-5H,2H2,1H3;3H,1-2H3;1-2H3. The highest BCUT2D eigenvalue weighted by Gasteiger charge is 2.01. The first-order chi connectivity index (χ1) is 8.15. The van der Waals surface area contributed by atoms with E-state index in [9.17, 15) is 9.00 Å². The molecular weight excluding hydrogens is 258 g/mol. The van der Waals surface area contributed by atoms with Crippen LogP contribution in [0, 0.1) is 0 Å². The molecule has 6 heteroatoms. The zero-order chi connectivity index (χ0) is 13.7. The molecule has 17 heavy (non-hydrogen) atoms. The third-order valence-corrected chi connectivity index (χ3v) is 2.75. The van der Waals surface area contributed by atoms with Crippen LogP contribution in [0.3, 0.4) is 0 Å². The van der Waals surface area contributed by atoms with E-state index in [1.165, 1.54) is 11.3 Å². The van der Waals surface area contributed by atoms with Gasteiger partial charge in [0.1, 0.15) is 10.6 Å². The van der Waals surface area contributed by atoms with Crippen LogP contribution in [0.1, 0.15) is 30.4 Å². The minimum absolute atomic E-state index is 0.609. The molecule has 1 atom stereocenters. The van der Waals surface area contributed by atoms with Crippen LogP contribution in [0.25, 0.3) is 0 Å². The summed E-state index contributed by atoms with van der Waals surface area (Å²) in [7, 11) is 0.826. The van der Waals surface area contributed by atoms with Crippen molar-refractivity contribution in [2.24, 2.45) is 0 Å². The maximum absolute atomic E-state index is 10.3. The molecule has 1 N–H and O–H groups in total. The van der Waals surface area contributed by atoms with Gasteiger partial charge in [0.15, 0.2) is 6.29 Å². The molecule has 0 aromatic carbocycles. The summed E-state index contributed by atoms with van der Waals surface area (Å²) in [5.41, 5.74) is 0. The molecule has 100 valence electrons. The lowest BCUT2D eigenvalue weighted by Crippen LogP contribution is -2.06. The molecule has 0 saturated carbocycles. The first-order valence-corrected chi connectivity index (χ1v) is 7.75. The first kappa shape index (κ1) is 18.6. The van der Waals surface area contributed by atoms with Crippen molar-refractivity contribution in [3.63, 3.8) is 0 Å². The Morgan fingerprint density at radius 3 is 2.41 bits per heavy atom. The smallest absolute Gasteiger partial charge is 0.163 e. The molecule has 0 fully saturated rings. The number of hydrogen-bond donors (Lipinski definition) is 1. The summed E-state index contributed by atoms with van der Waals surface area (Å²) in [5, 5.41) is 1.84. The number of carbonyl (C=O) groups is 1. The minimum atomic E-state index is -0.823. The number of carbonyl (C=O) groups excluding carboxylic acids is 1. The lowest BCUT2D eigenvalue weighted by Gasteiger charge is -1.97. The molecule has 1 aromatic heterocycles. The molecule has 0 bridgehead atoms. The monoisotopic (exact) mass is 279 g/mol. The van der Waals surface area contributed by atoms with Gasteiger partial charge in [0, 0.05) is 6.26 Å². The molecule has 0 saturated heterocycles. The van der Waals surface area contributed by atoms with Gasteiger partial charge in [0.25, 0.3) is 0 Å². The van der Waals surface area contributed by atoms with E-state index in [1.807, 2.05) is 26.2 Å². The van der Waals surface area contributed by atoms with Crippen LogP contribution in [0.15, 0.2) is 11.4 Å². The lowest BCUT2D eigenvalue weighted by atomic mass is 10.4. The van der Waals surface area contributed by atoms with Crippen LogP contribution < -0.4 is 9.46 Å². The van der Waals surface area contributed by atoms with Crippen LogP contribution in [-0.2, 0) is 11.0 Å². The Morgan fingerprint density at radius 2 is 2.06 bits per heavy atom. The van der Waals surface area contributed by atoms with Crippen molar-refractivity contribution in [2.45, 2.75) is 20.8 Å². The van der Waals surface area contributed by atoms with Crippen LogP contribution in [0.5, 0.6) is 5.75 Å². The van der Waals surface area contributed by atoms with Crippen LogP contribution in [-0.4, -0.2) is 30.4 Å². The molecule has 1 aromatic rings. The van der Waals surface area contributed by atoms with Gasteiger partial charge >= 0.3 is 0 Å². The Balaban J connectivity index is 0. The van der Waals surface area contributed by atoms with Gasteiger partial charge in [-0.05, 0) is 25.4 Å². The summed E-state index contributed by atoms with van der Waals surface area (Å²) in [6.07, 6.45) is 2.40. The molecule has 0 spiro atoms. The highest BCUT2D eigenvalue weighted by molar-refractivity contribution is 7.82. The van der Waals surface area contributed by atoms with E-state index in [2.05, 4.69) is 4.72 Å². The highest BCUT2D eigenvalue weighted by Crippen LogP contribution is 2.22. The van der Waals surface area contributed by atoms with Crippen LogP contribution >= 0.6 is 11.3 Å². The molecule has 1 unspecified atom stereocenters. The van der Waals surface area contributed by atoms with Crippen LogP contribution in [0.4, 0.5) is 0 Å². The number of hydrogen-bond acceptors (Lipinski definition) is 4. The van der Waals surface area contributed by atoms with Crippen molar-refractivity contribution in [3.05, 3.63) is 16.3 Å². The summed E-state index contributed by atoms with van der Waals surface area (Å²) in [5.74, 6) is 0.697. The molecule has 0 aliphatic heterocycles. The third kappa shape index (κ3) is 10.2. The van der Waals surface area contributed by atoms with Gasteiger partial charge in [-0.1, -0.05) is 13.8 Å². The van der Waals surface area contributed by atoms with Gasteiger partial charge in [0.05, 0.1) is 17.6 Å². The van der Waals surface area contributed by atoms with Crippen molar-refractivity contribution < 1.29 is 13.7 Å². The van der Waals surface area contributed by atoms with E-state index >= 15 is 0 Å². The van der Waals surface area contributed by atoms with Crippen molar-refractivity contribution in [3.8, 4) is 5.75 Å². The zero-order valence-corrected chi connectivity index (χ0v) is 12.6. The molecule has 0 aliphatic carbocycles. The largest absolute Gasteiger partial charge is 0.492 e. The number of thiophene rings is 1. The number of aldehydes is 1. The minimum Gasteiger partial charge on any atom is -0.492 e. The Kier molecular flexibility index (Phi) is 14.6. The van der Waals surface area contributed by atoms with Gasteiger partial charge < -0.3 is 4.74 Å². The van der Waals surface area contributed by atoms with E-state index in [0.717, 1.165) is 6.29 Å². The average Bonchev–Trinajstić information content (AvgIpc) is 2.80. The summed E-state index contributed by atoms with van der Waals surface area (Å²) in [6.45, 7) is 6.50. The summed E-state index contributed by atoms with van der Waals surface area (Å²) in [6, 6.07) is 1.80. The van der Waals surface area contributed by atoms with Crippen molar-refractivity contribution in [2.75, 3.05) is 19.9 Å². The molecule has 1 rings (SSSR count). The third-order valence-electron chi connectivity index (χ3n) is 1.35. The highest BCUT2D eigenvalue weighted by atomic mass is 32.2. The molecule has 1 heterocycles. The predicted octanol–water partition coefficient (Wildman–Crippen LogP) is 2.48. The van der Waals surface area contributed by atoms with Gasteiger partial charge in [0.2, 0.25) is 0 Å². The Labute approximate surface area is 110 Å². The quantitative estimate of drug-likeness (QED) is 0.862. The number of nitrogens with one attached hydrogen (secondary N) is 1. The van der Waals surface area contributed by atoms with Crippen molar-refractivity contribution in [1.82, 2.24) is 4.72 Å². The second kappa shape index (κ2) is 13.3. The van der Waals surface area contributed by atoms with Crippen LogP contribution in [0.2, 0.25) is 0 Å². The fourth-order valence-electron chi connectivity index (χ4n) is 0.670. The van der Waals surface area contributed by atoms with Gasteiger partial charge in [-0.25, -0.2) is 8.93 Å². The Morgan fingerprint density at radius 1 is 1.53 bits per heavy atom. The number of ether oxygens (including phenoxy) is 1. The Hall–Kier alpha value is -0.720.